The molecule has 0 spiro atoms. The van der Waals surface area contributed by atoms with Gasteiger partial charge in [0.2, 0.25) is 0 Å². The summed E-state index contributed by atoms with van der Waals surface area (Å²) in [6, 6.07) is 22.9. The first-order chi connectivity index (χ1) is 29.0. The topological polar surface area (TPSA) is 160 Å². The van der Waals surface area contributed by atoms with Crippen LogP contribution in [-0.2, 0) is 9.53 Å². The quantitative estimate of drug-likeness (QED) is 0.121. The summed E-state index contributed by atoms with van der Waals surface area (Å²) in [6.07, 6.45) is 10.2. The van der Waals surface area contributed by atoms with Gasteiger partial charge in [-0.05, 0) is 78.8 Å². The van der Waals surface area contributed by atoms with Crippen LogP contribution in [0.5, 0.6) is 11.5 Å². The van der Waals surface area contributed by atoms with Gasteiger partial charge in [-0.2, -0.15) is 10.2 Å². The van der Waals surface area contributed by atoms with Gasteiger partial charge in [0.15, 0.2) is 0 Å². The molecule has 3 heterocycles. The number of aromatic nitrogens is 4. The number of amides is 1. The molecule has 1 saturated heterocycles. The summed E-state index contributed by atoms with van der Waals surface area (Å²) >= 11 is 0. The summed E-state index contributed by atoms with van der Waals surface area (Å²) in [5, 5.41) is 22.1. The van der Waals surface area contributed by atoms with E-state index in [4.69, 9.17) is 19.3 Å². The third kappa shape index (κ3) is 10.2. The van der Waals surface area contributed by atoms with E-state index < -0.39 is 29.9 Å². The first kappa shape index (κ1) is 42.8. The number of benzene rings is 4. The number of halogens is 2. The summed E-state index contributed by atoms with van der Waals surface area (Å²) in [6.45, 7) is 3.76. The molecule has 60 heavy (non-hydrogen) atoms. The second-order valence-corrected chi connectivity index (χ2v) is 14.7. The standard InChI is InChI=1S/C23H22FN3O4.C12H15F.C11H10N2O3/c1-14(28)31-17-10-21(19-5-3-4-6-20(19)24)27(13-17)23(29)15-7-8-18(22(9-15)30-2)16-11-25-26-12-16;1-9-6-7-10(8-9)11-4-2-3-5-12(11)13;1-16-10-4-7(11(14)15)2-3-9(10)8-5-12-13-6-8/h3-9,11-12,17,21H,10,13H2,1-2H3,(H,25,26);2-5,9-10H,6-8H2,1H3;2-6H,1H3,(H,12,13)(H,14,15)/t17?,21-;9?,10-;/m11./s1. The van der Waals surface area contributed by atoms with Crippen molar-refractivity contribution in [3.05, 3.63) is 144 Å². The summed E-state index contributed by atoms with van der Waals surface area (Å²) in [4.78, 5) is 37.2. The Balaban J connectivity index is 0.000000172. The van der Waals surface area contributed by atoms with E-state index in [1.807, 2.05) is 12.1 Å². The predicted molar refractivity (Wildman–Crippen MR) is 221 cm³/mol. The second-order valence-electron chi connectivity index (χ2n) is 14.7. The Hall–Kier alpha value is -6.83. The monoisotopic (exact) mass is 819 g/mol. The number of aromatic amines is 2. The van der Waals surface area contributed by atoms with Crippen molar-refractivity contribution in [2.75, 3.05) is 20.8 Å². The van der Waals surface area contributed by atoms with Crippen molar-refractivity contribution in [1.82, 2.24) is 25.3 Å². The third-order valence-electron chi connectivity index (χ3n) is 10.7. The number of carboxylic acid groups (broad SMARTS) is 1. The Morgan fingerprint density at radius 2 is 1.30 bits per heavy atom. The number of likely N-dealkylation sites (tertiary alicyclic amines) is 1. The number of methoxy groups -OCH3 is 2. The van der Waals surface area contributed by atoms with Crippen molar-refractivity contribution in [3.63, 3.8) is 0 Å². The van der Waals surface area contributed by atoms with E-state index in [2.05, 4.69) is 27.3 Å². The average Bonchev–Trinajstić information content (AvgIpc) is 4.10. The van der Waals surface area contributed by atoms with Crippen LogP contribution in [0.3, 0.4) is 0 Å². The van der Waals surface area contributed by atoms with Crippen LogP contribution in [0, 0.1) is 17.6 Å². The van der Waals surface area contributed by atoms with E-state index >= 15 is 0 Å². The van der Waals surface area contributed by atoms with Crippen LogP contribution < -0.4 is 9.47 Å². The maximum absolute atomic E-state index is 14.5. The molecule has 1 aliphatic heterocycles. The van der Waals surface area contributed by atoms with E-state index in [9.17, 15) is 23.2 Å². The number of carbonyl (C=O) groups excluding carboxylic acids is 2. The number of aromatic carboxylic acids is 1. The van der Waals surface area contributed by atoms with Gasteiger partial charge < -0.3 is 24.2 Å². The summed E-state index contributed by atoms with van der Waals surface area (Å²) in [7, 11) is 3.03. The van der Waals surface area contributed by atoms with Crippen LogP contribution in [0.4, 0.5) is 8.78 Å². The lowest BCUT2D eigenvalue weighted by Crippen LogP contribution is -2.32. The second kappa shape index (κ2) is 19.7. The highest BCUT2D eigenvalue weighted by atomic mass is 19.1. The number of carboxylic acids is 1. The predicted octanol–water partition coefficient (Wildman–Crippen LogP) is 9.26. The van der Waals surface area contributed by atoms with Crippen molar-refractivity contribution in [1.29, 1.82) is 0 Å². The lowest BCUT2D eigenvalue weighted by Gasteiger charge is -2.25. The molecule has 0 radical (unpaired) electrons. The van der Waals surface area contributed by atoms with E-state index in [1.165, 1.54) is 45.8 Å². The highest BCUT2D eigenvalue weighted by molar-refractivity contribution is 5.96. The van der Waals surface area contributed by atoms with Gasteiger partial charge in [0.05, 0.1) is 44.8 Å². The Morgan fingerprint density at radius 1 is 0.750 bits per heavy atom. The van der Waals surface area contributed by atoms with Crippen LogP contribution in [-0.4, -0.2) is 75.1 Å². The number of rotatable bonds is 9. The van der Waals surface area contributed by atoms with Crippen molar-refractivity contribution in [3.8, 4) is 33.8 Å². The molecule has 2 unspecified atom stereocenters. The largest absolute Gasteiger partial charge is 0.496 e. The van der Waals surface area contributed by atoms with Crippen molar-refractivity contribution in [2.45, 2.75) is 57.6 Å². The molecule has 312 valence electrons. The van der Waals surface area contributed by atoms with Gasteiger partial charge in [-0.25, -0.2) is 13.6 Å². The normalized spacial score (nSPS) is 18.1. The molecule has 4 aromatic carbocycles. The van der Waals surface area contributed by atoms with Gasteiger partial charge in [0.1, 0.15) is 29.2 Å². The molecule has 2 aliphatic rings. The minimum absolute atomic E-state index is 0.0263. The van der Waals surface area contributed by atoms with E-state index in [-0.39, 0.29) is 23.8 Å². The van der Waals surface area contributed by atoms with Crippen molar-refractivity contribution >= 4 is 17.8 Å². The van der Waals surface area contributed by atoms with Gasteiger partial charge in [0, 0.05) is 59.1 Å². The summed E-state index contributed by atoms with van der Waals surface area (Å²) < 4.78 is 43.9. The highest BCUT2D eigenvalue weighted by Gasteiger charge is 2.39. The lowest BCUT2D eigenvalue weighted by molar-refractivity contribution is -0.145. The molecule has 1 amide bonds. The lowest BCUT2D eigenvalue weighted by atomic mass is 9.96. The number of hydrogen-bond donors (Lipinski definition) is 3. The van der Waals surface area contributed by atoms with Crippen LogP contribution >= 0.6 is 0 Å². The molecule has 12 nitrogen and oxygen atoms in total. The van der Waals surface area contributed by atoms with Crippen LogP contribution in [0.2, 0.25) is 0 Å². The Morgan fingerprint density at radius 3 is 1.78 bits per heavy atom. The molecule has 4 atom stereocenters. The minimum atomic E-state index is -0.975. The van der Waals surface area contributed by atoms with E-state index in [0.29, 0.717) is 35.0 Å². The molecule has 2 fully saturated rings. The first-order valence-corrected chi connectivity index (χ1v) is 19.5. The molecule has 8 rings (SSSR count). The molecule has 3 N–H and O–H groups in total. The zero-order chi connectivity index (χ0) is 42.8. The zero-order valence-corrected chi connectivity index (χ0v) is 33.7. The van der Waals surface area contributed by atoms with Gasteiger partial charge in [-0.15, -0.1) is 0 Å². The van der Waals surface area contributed by atoms with E-state index in [1.54, 1.807) is 84.3 Å². The molecule has 0 bridgehead atoms. The number of hydrogen-bond acceptors (Lipinski definition) is 8. The van der Waals surface area contributed by atoms with Crippen LogP contribution in [0.25, 0.3) is 22.3 Å². The molecular weight excluding hydrogens is 773 g/mol. The fourth-order valence-corrected chi connectivity index (χ4v) is 7.77. The van der Waals surface area contributed by atoms with E-state index in [0.717, 1.165) is 46.6 Å². The fraction of sp³-hybridized carbons (Fsp3) is 0.283. The molecule has 1 saturated carbocycles. The summed E-state index contributed by atoms with van der Waals surface area (Å²) in [5.74, 6) is 0.144. The fourth-order valence-electron chi connectivity index (χ4n) is 7.77. The minimum Gasteiger partial charge on any atom is -0.496 e. The molecule has 6 aromatic rings. The smallest absolute Gasteiger partial charge is 0.335 e. The average molecular weight is 820 g/mol. The first-order valence-electron chi connectivity index (χ1n) is 19.5. The number of ether oxygens (including phenoxy) is 3. The van der Waals surface area contributed by atoms with Gasteiger partial charge in [-0.3, -0.25) is 19.8 Å². The Kier molecular flexibility index (Phi) is 14.1. The van der Waals surface area contributed by atoms with Gasteiger partial charge in [-0.1, -0.05) is 49.7 Å². The number of esters is 1. The van der Waals surface area contributed by atoms with Gasteiger partial charge >= 0.3 is 11.9 Å². The number of nitrogens with one attached hydrogen (secondary N) is 2. The molecule has 14 heteroatoms. The Labute approximate surface area is 346 Å². The van der Waals surface area contributed by atoms with Crippen LogP contribution in [0.15, 0.2) is 110 Å². The third-order valence-corrected chi connectivity index (χ3v) is 10.7. The number of carbonyl (C=O) groups is 3. The number of H-pyrrole nitrogens is 2. The van der Waals surface area contributed by atoms with Gasteiger partial charge in [0.25, 0.3) is 5.91 Å². The maximum atomic E-state index is 14.5. The highest BCUT2D eigenvalue weighted by Crippen LogP contribution is 2.39. The molecular formula is C46H47F2N5O7. The molecule has 2 aromatic heterocycles. The van der Waals surface area contributed by atoms with Crippen molar-refractivity contribution < 1.29 is 42.5 Å². The van der Waals surface area contributed by atoms with Crippen LogP contribution in [0.1, 0.15) is 83.3 Å². The molecule has 1 aliphatic carbocycles. The maximum Gasteiger partial charge on any atom is 0.335 e. The SMILES string of the molecule is CC1CC[C@@H](c2ccccc2F)C1.COc1cc(C(=O)N2CC(OC(C)=O)C[C@@H]2c2ccccc2F)ccc1-c1cn[nH]c1.COc1cc(C(=O)O)ccc1-c1cn[nH]c1. The number of nitrogens with zero attached hydrogens (tertiary/aromatic N) is 3. The summed E-state index contributed by atoms with van der Waals surface area (Å²) in [5.41, 5.74) is 5.20. The van der Waals surface area contributed by atoms with Crippen molar-refractivity contribution in [2.24, 2.45) is 5.92 Å². The zero-order valence-electron chi connectivity index (χ0n) is 33.7. The Bertz CT molecular complexity index is 2390.